The molecule has 140 valence electrons. The lowest BCUT2D eigenvalue weighted by atomic mass is 9.89. The number of ether oxygens (including phenoxy) is 2. The van der Waals surface area contributed by atoms with E-state index in [9.17, 15) is 0 Å². The maximum Gasteiger partial charge on any atom is 0.127 e. The van der Waals surface area contributed by atoms with Gasteiger partial charge in [-0.15, -0.1) is 0 Å². The molecule has 0 aliphatic heterocycles. The lowest BCUT2D eigenvalue weighted by Gasteiger charge is -2.21. The molecule has 0 spiro atoms. The van der Waals surface area contributed by atoms with Crippen LogP contribution in [0.3, 0.4) is 0 Å². The summed E-state index contributed by atoms with van der Waals surface area (Å²) in [5.74, 6) is 2.43. The Bertz CT molecular complexity index is 846. The van der Waals surface area contributed by atoms with Crippen LogP contribution in [0.5, 0.6) is 11.5 Å². The molecule has 0 saturated heterocycles. The van der Waals surface area contributed by atoms with Gasteiger partial charge < -0.3 is 9.47 Å². The Morgan fingerprint density at radius 1 is 0.815 bits per heavy atom. The molecule has 0 amide bonds. The van der Waals surface area contributed by atoms with Crippen LogP contribution < -0.4 is 4.74 Å². The molecule has 0 aliphatic rings. The van der Waals surface area contributed by atoms with E-state index in [2.05, 4.69) is 26.0 Å². The molecule has 0 radical (unpaired) electrons. The highest BCUT2D eigenvalue weighted by Crippen LogP contribution is 2.27. The van der Waals surface area contributed by atoms with Gasteiger partial charge in [0.1, 0.15) is 11.5 Å². The third-order valence-corrected chi connectivity index (χ3v) is 4.76. The topological polar surface area (TPSA) is 18.5 Å². The van der Waals surface area contributed by atoms with Crippen molar-refractivity contribution in [1.29, 1.82) is 0 Å². The van der Waals surface area contributed by atoms with Gasteiger partial charge in [0.25, 0.3) is 0 Å². The maximum absolute atomic E-state index is 6.15. The molecule has 0 fully saturated rings. The smallest absolute Gasteiger partial charge is 0.127 e. The number of hydrogen-bond acceptors (Lipinski definition) is 2. The molecule has 3 aromatic carbocycles. The molecule has 1 atom stereocenters. The van der Waals surface area contributed by atoms with E-state index in [0.29, 0.717) is 25.0 Å². The molecule has 1 unspecified atom stereocenters. The Morgan fingerprint density at radius 3 is 2.30 bits per heavy atom. The molecule has 3 heteroatoms. The fourth-order valence-corrected chi connectivity index (χ4v) is 3.24. The molecule has 3 rings (SSSR count). The summed E-state index contributed by atoms with van der Waals surface area (Å²) in [6.07, 6.45) is 0. The summed E-state index contributed by atoms with van der Waals surface area (Å²) in [4.78, 5) is 0. The highest BCUT2D eigenvalue weighted by atomic mass is 35.5. The monoisotopic (exact) mass is 380 g/mol. The SMILES string of the molecule is CC(C)C(COCc1cccc(Oc2ccccc2)c1)c1cccc(Cl)c1. The van der Waals surface area contributed by atoms with Gasteiger partial charge in [-0.05, 0) is 53.4 Å². The summed E-state index contributed by atoms with van der Waals surface area (Å²) >= 11 is 6.15. The Morgan fingerprint density at radius 2 is 1.56 bits per heavy atom. The predicted octanol–water partition coefficient (Wildman–Crippen LogP) is 7.09. The Kier molecular flexibility index (Phi) is 6.92. The van der Waals surface area contributed by atoms with Gasteiger partial charge in [0.15, 0.2) is 0 Å². The molecule has 0 aromatic heterocycles. The fraction of sp³-hybridized carbons (Fsp3) is 0.250. The van der Waals surface area contributed by atoms with E-state index in [1.807, 2.05) is 66.7 Å². The number of halogens is 1. The molecular weight excluding hydrogens is 356 g/mol. The third kappa shape index (κ3) is 5.85. The number of benzene rings is 3. The van der Waals surface area contributed by atoms with Crippen molar-refractivity contribution in [1.82, 2.24) is 0 Å². The minimum Gasteiger partial charge on any atom is -0.457 e. The van der Waals surface area contributed by atoms with Crippen molar-refractivity contribution in [2.45, 2.75) is 26.4 Å². The van der Waals surface area contributed by atoms with Gasteiger partial charge in [-0.25, -0.2) is 0 Å². The van der Waals surface area contributed by atoms with Crippen molar-refractivity contribution in [2.75, 3.05) is 6.61 Å². The molecule has 2 nitrogen and oxygen atoms in total. The van der Waals surface area contributed by atoms with Crippen LogP contribution in [0.25, 0.3) is 0 Å². The first-order chi connectivity index (χ1) is 13.1. The zero-order chi connectivity index (χ0) is 19.1. The van der Waals surface area contributed by atoms with Crippen LogP contribution in [0.15, 0.2) is 78.9 Å². The first-order valence-electron chi connectivity index (χ1n) is 9.27. The summed E-state index contributed by atoms with van der Waals surface area (Å²) in [5, 5.41) is 0.768. The van der Waals surface area contributed by atoms with E-state index in [1.54, 1.807) is 0 Å². The second-order valence-corrected chi connectivity index (χ2v) is 7.42. The van der Waals surface area contributed by atoms with Crippen molar-refractivity contribution in [3.8, 4) is 11.5 Å². The number of rotatable bonds is 8. The van der Waals surface area contributed by atoms with E-state index in [0.717, 1.165) is 22.1 Å². The minimum atomic E-state index is 0.312. The standard InChI is InChI=1S/C24H25ClO2/c1-18(2)24(20-9-7-10-21(25)15-20)17-26-16-19-8-6-13-23(14-19)27-22-11-4-3-5-12-22/h3-15,18,24H,16-17H2,1-2H3. The summed E-state index contributed by atoms with van der Waals surface area (Å²) in [7, 11) is 0. The van der Waals surface area contributed by atoms with Gasteiger partial charge in [-0.2, -0.15) is 0 Å². The molecule has 3 aromatic rings. The van der Waals surface area contributed by atoms with Crippen LogP contribution >= 0.6 is 11.6 Å². The Hall–Kier alpha value is -2.29. The zero-order valence-corrected chi connectivity index (χ0v) is 16.5. The highest BCUT2D eigenvalue weighted by Gasteiger charge is 2.16. The second kappa shape index (κ2) is 9.59. The average Bonchev–Trinajstić information content (AvgIpc) is 2.66. The van der Waals surface area contributed by atoms with Crippen molar-refractivity contribution < 1.29 is 9.47 Å². The normalized spacial score (nSPS) is 12.1. The van der Waals surface area contributed by atoms with Gasteiger partial charge in [-0.1, -0.05) is 67.9 Å². The predicted molar refractivity (Wildman–Crippen MR) is 112 cm³/mol. The third-order valence-electron chi connectivity index (χ3n) is 4.53. The van der Waals surface area contributed by atoms with E-state index in [1.165, 1.54) is 5.56 Å². The van der Waals surface area contributed by atoms with Crippen LogP contribution in [0.2, 0.25) is 5.02 Å². The number of hydrogen-bond donors (Lipinski definition) is 0. The minimum absolute atomic E-state index is 0.312. The van der Waals surface area contributed by atoms with Crippen LogP contribution in [-0.4, -0.2) is 6.61 Å². The van der Waals surface area contributed by atoms with E-state index >= 15 is 0 Å². The molecule has 27 heavy (non-hydrogen) atoms. The first-order valence-corrected chi connectivity index (χ1v) is 9.64. The van der Waals surface area contributed by atoms with Gasteiger partial charge in [0, 0.05) is 10.9 Å². The van der Waals surface area contributed by atoms with Gasteiger partial charge >= 0.3 is 0 Å². The Labute approximate surface area is 166 Å². The van der Waals surface area contributed by atoms with E-state index < -0.39 is 0 Å². The molecule has 0 N–H and O–H groups in total. The fourth-order valence-electron chi connectivity index (χ4n) is 3.04. The summed E-state index contributed by atoms with van der Waals surface area (Å²) in [6.45, 7) is 5.63. The second-order valence-electron chi connectivity index (χ2n) is 6.98. The number of para-hydroxylation sites is 1. The van der Waals surface area contributed by atoms with Gasteiger partial charge in [0.05, 0.1) is 13.2 Å². The molecular formula is C24H25ClO2. The summed E-state index contributed by atoms with van der Waals surface area (Å²) < 4.78 is 11.9. The van der Waals surface area contributed by atoms with Crippen LogP contribution in [0.1, 0.15) is 30.9 Å². The molecule has 0 saturated carbocycles. The Balaban J connectivity index is 1.60. The first kappa shape index (κ1) is 19.5. The quantitative estimate of drug-likeness (QED) is 0.415. The average molecular weight is 381 g/mol. The van der Waals surface area contributed by atoms with Crippen LogP contribution in [0.4, 0.5) is 0 Å². The highest BCUT2D eigenvalue weighted by molar-refractivity contribution is 6.30. The van der Waals surface area contributed by atoms with Crippen molar-refractivity contribution >= 4 is 11.6 Å². The largest absolute Gasteiger partial charge is 0.457 e. The maximum atomic E-state index is 6.15. The lowest BCUT2D eigenvalue weighted by molar-refractivity contribution is 0.0957. The molecule has 0 bridgehead atoms. The van der Waals surface area contributed by atoms with Crippen LogP contribution in [-0.2, 0) is 11.3 Å². The van der Waals surface area contributed by atoms with Crippen LogP contribution in [0, 0.1) is 5.92 Å². The van der Waals surface area contributed by atoms with Crippen molar-refractivity contribution in [2.24, 2.45) is 5.92 Å². The van der Waals surface area contributed by atoms with Crippen molar-refractivity contribution in [3.05, 3.63) is 95.0 Å². The molecule has 0 aliphatic carbocycles. The van der Waals surface area contributed by atoms with Gasteiger partial charge in [0.2, 0.25) is 0 Å². The lowest BCUT2D eigenvalue weighted by Crippen LogP contribution is -2.14. The van der Waals surface area contributed by atoms with Gasteiger partial charge in [-0.3, -0.25) is 0 Å². The van der Waals surface area contributed by atoms with Crippen molar-refractivity contribution in [3.63, 3.8) is 0 Å². The van der Waals surface area contributed by atoms with E-state index in [-0.39, 0.29) is 0 Å². The summed E-state index contributed by atoms with van der Waals surface area (Å²) in [5.41, 5.74) is 2.32. The molecule has 0 heterocycles. The van der Waals surface area contributed by atoms with E-state index in [4.69, 9.17) is 21.1 Å². The zero-order valence-electron chi connectivity index (χ0n) is 15.8. The summed E-state index contributed by atoms with van der Waals surface area (Å²) in [6, 6.07) is 25.9.